The Labute approximate surface area is 243 Å². The van der Waals surface area contributed by atoms with Crippen LogP contribution in [0.5, 0.6) is 0 Å². The lowest BCUT2D eigenvalue weighted by molar-refractivity contribution is -0.146. The van der Waals surface area contributed by atoms with Crippen LogP contribution in [0, 0.1) is 13.8 Å². The second-order valence-corrected chi connectivity index (χ2v) is 12.6. The van der Waals surface area contributed by atoms with Crippen molar-refractivity contribution < 1.29 is 32.0 Å². The van der Waals surface area contributed by atoms with Crippen LogP contribution in [-0.4, -0.2) is 48.5 Å². The Kier molecular flexibility index (Phi) is 14.2. The molecule has 0 amide bonds. The summed E-state index contributed by atoms with van der Waals surface area (Å²) < 4.78 is 40.7. The van der Waals surface area contributed by atoms with Crippen molar-refractivity contribution in [2.24, 2.45) is 11.5 Å². The third-order valence-electron chi connectivity index (χ3n) is 5.46. The lowest BCUT2D eigenvalue weighted by atomic mass is 10.1. The van der Waals surface area contributed by atoms with Gasteiger partial charge in [0.15, 0.2) is 0 Å². The average Bonchev–Trinajstić information content (AvgIpc) is 2.94. The number of aryl methyl sites for hydroxylation is 1. The van der Waals surface area contributed by atoms with E-state index in [0.717, 1.165) is 16.7 Å². The highest BCUT2D eigenvalue weighted by Gasteiger charge is 2.18. The molecule has 0 aliphatic rings. The summed E-state index contributed by atoms with van der Waals surface area (Å²) in [4.78, 5) is 23.8. The van der Waals surface area contributed by atoms with Crippen LogP contribution in [0.15, 0.2) is 83.8 Å². The maximum Gasteiger partial charge on any atom is 0.324 e. The predicted molar refractivity (Wildman–Crippen MR) is 159 cm³/mol. The van der Waals surface area contributed by atoms with Crippen molar-refractivity contribution in [2.75, 3.05) is 11.5 Å². The van der Waals surface area contributed by atoms with Gasteiger partial charge in [0.2, 0.25) is 0 Å². The van der Waals surface area contributed by atoms with Crippen LogP contribution >= 0.6 is 21.6 Å². The summed E-state index contributed by atoms with van der Waals surface area (Å²) in [5.41, 5.74) is 14.9. The highest BCUT2D eigenvalue weighted by molar-refractivity contribution is 8.76. The Bertz CT molecular complexity index is 1260. The molecule has 40 heavy (non-hydrogen) atoms. The van der Waals surface area contributed by atoms with Gasteiger partial charge in [-0.3, -0.25) is 14.1 Å². The van der Waals surface area contributed by atoms with Gasteiger partial charge in [-0.15, -0.1) is 0 Å². The van der Waals surface area contributed by atoms with Gasteiger partial charge in [0.25, 0.3) is 10.1 Å². The molecule has 5 N–H and O–H groups in total. The van der Waals surface area contributed by atoms with E-state index >= 15 is 0 Å². The third-order valence-corrected chi connectivity index (χ3v) is 8.94. The Hall–Kier alpha value is -2.87. The average molecular weight is 607 g/mol. The lowest BCUT2D eigenvalue weighted by Crippen LogP contribution is -2.35. The van der Waals surface area contributed by atoms with Crippen LogP contribution in [0.2, 0.25) is 0 Å². The van der Waals surface area contributed by atoms with E-state index in [9.17, 15) is 18.0 Å². The Morgan fingerprint density at radius 3 is 1.55 bits per heavy atom. The molecule has 2 atom stereocenters. The van der Waals surface area contributed by atoms with Gasteiger partial charge in [-0.1, -0.05) is 94.4 Å². The Balaban J connectivity index is 0.000000389. The number of nitrogens with two attached hydrogens (primary N) is 2. The monoisotopic (exact) mass is 606 g/mol. The number of carbonyl (C=O) groups excluding carboxylic acids is 2. The molecule has 0 aliphatic carbocycles. The number of hydrogen-bond donors (Lipinski definition) is 3. The normalized spacial score (nSPS) is 12.4. The molecule has 0 heterocycles. The number of hydrogen-bond acceptors (Lipinski definition) is 10. The summed E-state index contributed by atoms with van der Waals surface area (Å²) in [5, 5.41) is 0. The van der Waals surface area contributed by atoms with Crippen LogP contribution < -0.4 is 11.5 Å². The van der Waals surface area contributed by atoms with Crippen LogP contribution in [0.3, 0.4) is 0 Å². The molecular formula is C28H34N2O7S3. The first-order chi connectivity index (χ1) is 19.0. The number of esters is 2. The maximum absolute atomic E-state index is 11.9. The SMILES string of the molecule is Cc1cccc(S(=O)(=O)O)c1C.NC(CSSCC(N)C(=O)OCc1ccccc1)C(=O)OCc1ccccc1. The molecule has 0 saturated heterocycles. The second-order valence-electron chi connectivity index (χ2n) is 8.64. The lowest BCUT2D eigenvalue weighted by Gasteiger charge is -2.13. The van der Waals surface area contributed by atoms with Crippen molar-refractivity contribution in [3.8, 4) is 0 Å². The van der Waals surface area contributed by atoms with E-state index in [4.69, 9.17) is 25.5 Å². The van der Waals surface area contributed by atoms with Crippen LogP contribution in [0.25, 0.3) is 0 Å². The van der Waals surface area contributed by atoms with Crippen molar-refractivity contribution >= 4 is 43.6 Å². The molecule has 0 saturated carbocycles. The van der Waals surface area contributed by atoms with E-state index in [1.807, 2.05) is 60.7 Å². The van der Waals surface area contributed by atoms with Crippen molar-refractivity contribution in [3.63, 3.8) is 0 Å². The van der Waals surface area contributed by atoms with E-state index in [1.165, 1.54) is 27.7 Å². The molecule has 0 aromatic heterocycles. The Morgan fingerprint density at radius 1 is 0.750 bits per heavy atom. The fourth-order valence-corrected chi connectivity index (χ4v) is 6.07. The smallest absolute Gasteiger partial charge is 0.324 e. The summed E-state index contributed by atoms with van der Waals surface area (Å²) in [5.74, 6) is -0.180. The highest BCUT2D eigenvalue weighted by Crippen LogP contribution is 2.23. The van der Waals surface area contributed by atoms with E-state index in [1.54, 1.807) is 26.0 Å². The minimum Gasteiger partial charge on any atom is -0.460 e. The molecule has 0 spiro atoms. The van der Waals surface area contributed by atoms with Crippen LogP contribution in [-0.2, 0) is 42.4 Å². The highest BCUT2D eigenvalue weighted by atomic mass is 33.1. The van der Waals surface area contributed by atoms with Crippen molar-refractivity contribution in [2.45, 2.75) is 44.0 Å². The molecule has 12 heteroatoms. The van der Waals surface area contributed by atoms with Crippen molar-refractivity contribution in [1.29, 1.82) is 0 Å². The van der Waals surface area contributed by atoms with E-state index < -0.39 is 34.1 Å². The van der Waals surface area contributed by atoms with Gasteiger partial charge < -0.3 is 20.9 Å². The summed E-state index contributed by atoms with van der Waals surface area (Å²) in [6, 6.07) is 22.1. The second kappa shape index (κ2) is 17.1. The first kappa shape index (κ1) is 33.3. The summed E-state index contributed by atoms with van der Waals surface area (Å²) >= 11 is 0. The first-order valence-electron chi connectivity index (χ1n) is 12.2. The van der Waals surface area contributed by atoms with E-state index in [0.29, 0.717) is 17.1 Å². The van der Waals surface area contributed by atoms with Gasteiger partial charge in [0.1, 0.15) is 25.3 Å². The van der Waals surface area contributed by atoms with Gasteiger partial charge in [-0.2, -0.15) is 8.42 Å². The predicted octanol–water partition coefficient (Wildman–Crippen LogP) is 4.06. The number of rotatable bonds is 12. The topological polar surface area (TPSA) is 159 Å². The fourth-order valence-electron chi connectivity index (χ4n) is 3.05. The molecular weight excluding hydrogens is 573 g/mol. The summed E-state index contributed by atoms with van der Waals surface area (Å²) in [6.07, 6.45) is 0. The molecule has 0 bridgehead atoms. The summed E-state index contributed by atoms with van der Waals surface area (Å²) in [7, 11) is -1.31. The summed E-state index contributed by atoms with van der Waals surface area (Å²) in [6.45, 7) is 3.86. The molecule has 3 aromatic carbocycles. The maximum atomic E-state index is 11.9. The van der Waals surface area contributed by atoms with Crippen molar-refractivity contribution in [3.05, 3.63) is 101 Å². The van der Waals surface area contributed by atoms with Crippen molar-refractivity contribution in [1.82, 2.24) is 0 Å². The molecule has 3 aromatic rings. The zero-order valence-electron chi connectivity index (χ0n) is 22.3. The molecule has 0 fully saturated rings. The van der Waals surface area contributed by atoms with Crippen LogP contribution in [0.1, 0.15) is 22.3 Å². The molecule has 216 valence electrons. The first-order valence-corrected chi connectivity index (χ1v) is 16.1. The van der Waals surface area contributed by atoms with Gasteiger partial charge in [-0.25, -0.2) is 0 Å². The van der Waals surface area contributed by atoms with Crippen LogP contribution in [0.4, 0.5) is 0 Å². The number of ether oxygens (including phenoxy) is 2. The molecule has 0 aliphatic heterocycles. The van der Waals surface area contributed by atoms with E-state index in [-0.39, 0.29) is 18.1 Å². The molecule has 3 rings (SSSR count). The van der Waals surface area contributed by atoms with Gasteiger partial charge in [0, 0.05) is 11.5 Å². The fraction of sp³-hybridized carbons (Fsp3) is 0.286. The largest absolute Gasteiger partial charge is 0.460 e. The third kappa shape index (κ3) is 12.1. The number of benzene rings is 3. The van der Waals surface area contributed by atoms with E-state index in [2.05, 4.69) is 0 Å². The molecule has 2 unspecified atom stereocenters. The standard InChI is InChI=1S/C20H24N2O4S2.C8H10O3S/c21-17(19(23)25-11-15-7-3-1-4-8-15)13-27-28-14-18(22)20(24)26-12-16-9-5-2-6-10-16;1-6-4-3-5-8(7(6)2)12(9,10)11/h1-10,17-18H,11-14,21-22H2;3-5H,1-2H3,(H,9,10,11). The van der Waals surface area contributed by atoms with Gasteiger partial charge in [-0.05, 0) is 42.2 Å². The van der Waals surface area contributed by atoms with Gasteiger partial charge in [0.05, 0.1) is 4.90 Å². The number of carbonyl (C=O) groups is 2. The zero-order valence-corrected chi connectivity index (χ0v) is 24.7. The molecule has 9 nitrogen and oxygen atoms in total. The zero-order chi connectivity index (χ0) is 29.5. The quantitative estimate of drug-likeness (QED) is 0.118. The minimum atomic E-state index is -4.06. The molecule has 0 radical (unpaired) electrons. The van der Waals surface area contributed by atoms with Gasteiger partial charge >= 0.3 is 11.9 Å². The Morgan fingerprint density at radius 2 is 1.18 bits per heavy atom. The minimum absolute atomic E-state index is 0.0116.